The van der Waals surface area contributed by atoms with Gasteiger partial charge in [0.15, 0.2) is 0 Å². The van der Waals surface area contributed by atoms with Gasteiger partial charge in [-0.2, -0.15) is 0 Å². The second-order valence-electron chi connectivity index (χ2n) is 7.50. The summed E-state index contributed by atoms with van der Waals surface area (Å²) in [5.74, 6) is 0.107. The van der Waals surface area contributed by atoms with Crippen LogP contribution in [0.2, 0.25) is 0 Å². The van der Waals surface area contributed by atoms with Crippen LogP contribution in [0.1, 0.15) is 39.9 Å². The van der Waals surface area contributed by atoms with E-state index in [4.69, 9.17) is 0 Å². The van der Waals surface area contributed by atoms with Crippen LogP contribution in [-0.4, -0.2) is 37.4 Å². The summed E-state index contributed by atoms with van der Waals surface area (Å²) in [7, 11) is 4.25. The molecule has 2 aromatic carbocycles. The summed E-state index contributed by atoms with van der Waals surface area (Å²) in [6.07, 6.45) is 1.56. The van der Waals surface area contributed by atoms with Gasteiger partial charge in [0.05, 0.1) is 14.1 Å². The van der Waals surface area contributed by atoms with Gasteiger partial charge < -0.3 is 15.1 Å². The highest BCUT2D eigenvalue weighted by Gasteiger charge is 2.20. The van der Waals surface area contributed by atoms with Crippen LogP contribution < -0.4 is 10.2 Å². The van der Waals surface area contributed by atoms with Crippen molar-refractivity contribution in [3.63, 3.8) is 0 Å². The highest BCUT2D eigenvalue weighted by atomic mass is 16.2. The van der Waals surface area contributed by atoms with Crippen molar-refractivity contribution in [2.75, 3.05) is 20.6 Å². The molecule has 5 heteroatoms. The molecule has 0 saturated carbocycles. The molecule has 0 spiro atoms. The Balaban J connectivity index is 1.56. The SMILES string of the molecule is C[NH+](C)Cc1ccc(CNC(=O)c2cccc(CN3CCCC3=O)c2)cc1. The standard InChI is InChI=1S/C22H27N3O2/c1-24(2)15-18-10-8-17(9-11-18)14-23-22(27)20-6-3-5-19(13-20)16-25-12-4-7-21(25)26/h3,5-6,8-11,13H,4,7,12,14-16H2,1-2H3,(H,23,27)/p+1. The minimum absolute atomic E-state index is 0.0913. The minimum atomic E-state index is -0.0913. The second-order valence-corrected chi connectivity index (χ2v) is 7.50. The molecule has 0 atom stereocenters. The summed E-state index contributed by atoms with van der Waals surface area (Å²) in [4.78, 5) is 27.5. The molecule has 2 amide bonds. The van der Waals surface area contributed by atoms with E-state index in [2.05, 4.69) is 43.7 Å². The Bertz CT molecular complexity index is 799. The van der Waals surface area contributed by atoms with Gasteiger partial charge in [0.2, 0.25) is 5.91 Å². The molecule has 5 nitrogen and oxygen atoms in total. The number of nitrogens with zero attached hydrogens (tertiary/aromatic N) is 1. The molecule has 1 aliphatic heterocycles. The lowest BCUT2D eigenvalue weighted by atomic mass is 10.1. The zero-order chi connectivity index (χ0) is 19.2. The van der Waals surface area contributed by atoms with Crippen LogP contribution in [-0.2, 0) is 24.4 Å². The lowest BCUT2D eigenvalue weighted by Gasteiger charge is -2.16. The second kappa shape index (κ2) is 8.82. The predicted molar refractivity (Wildman–Crippen MR) is 105 cm³/mol. The Hall–Kier alpha value is -2.66. The number of benzene rings is 2. The Labute approximate surface area is 161 Å². The van der Waals surface area contributed by atoms with Crippen molar-refractivity contribution < 1.29 is 14.5 Å². The number of rotatable bonds is 7. The van der Waals surface area contributed by atoms with Crippen LogP contribution >= 0.6 is 0 Å². The van der Waals surface area contributed by atoms with E-state index >= 15 is 0 Å². The molecule has 142 valence electrons. The van der Waals surface area contributed by atoms with Crippen LogP contribution in [0.5, 0.6) is 0 Å². The number of quaternary nitrogens is 1. The van der Waals surface area contributed by atoms with Gasteiger partial charge in [0, 0.05) is 37.2 Å². The molecule has 2 aromatic rings. The number of nitrogens with one attached hydrogen (secondary N) is 2. The van der Waals surface area contributed by atoms with E-state index in [0.717, 1.165) is 30.6 Å². The van der Waals surface area contributed by atoms with Crippen LogP contribution in [0, 0.1) is 0 Å². The van der Waals surface area contributed by atoms with E-state index in [9.17, 15) is 9.59 Å². The molecule has 0 radical (unpaired) electrons. The van der Waals surface area contributed by atoms with Gasteiger partial charge in [0.1, 0.15) is 6.54 Å². The smallest absolute Gasteiger partial charge is 0.251 e. The van der Waals surface area contributed by atoms with Crippen LogP contribution in [0.4, 0.5) is 0 Å². The van der Waals surface area contributed by atoms with E-state index in [1.807, 2.05) is 29.2 Å². The first kappa shape index (κ1) is 19.1. The Morgan fingerprint density at radius 2 is 1.81 bits per heavy atom. The highest BCUT2D eigenvalue weighted by molar-refractivity contribution is 5.94. The zero-order valence-electron chi connectivity index (χ0n) is 16.1. The van der Waals surface area contributed by atoms with E-state index < -0.39 is 0 Å². The van der Waals surface area contributed by atoms with Gasteiger partial charge in [-0.25, -0.2) is 0 Å². The van der Waals surface area contributed by atoms with Crippen molar-refractivity contribution >= 4 is 11.8 Å². The fourth-order valence-corrected chi connectivity index (χ4v) is 3.37. The average molecular weight is 366 g/mol. The third kappa shape index (κ3) is 5.41. The molecule has 1 aliphatic rings. The first-order chi connectivity index (χ1) is 13.0. The number of hydrogen-bond donors (Lipinski definition) is 2. The lowest BCUT2D eigenvalue weighted by molar-refractivity contribution is -0.872. The van der Waals surface area contributed by atoms with Crippen molar-refractivity contribution in [1.29, 1.82) is 0 Å². The third-order valence-electron chi connectivity index (χ3n) is 4.77. The largest absolute Gasteiger partial charge is 0.348 e. The normalized spacial score (nSPS) is 14.0. The molecule has 27 heavy (non-hydrogen) atoms. The molecule has 1 fully saturated rings. The van der Waals surface area contributed by atoms with Gasteiger partial charge in [0.25, 0.3) is 5.91 Å². The number of amides is 2. The van der Waals surface area contributed by atoms with Crippen LogP contribution in [0.3, 0.4) is 0 Å². The summed E-state index contributed by atoms with van der Waals surface area (Å²) in [6, 6.07) is 15.9. The molecule has 0 aromatic heterocycles. The zero-order valence-corrected chi connectivity index (χ0v) is 16.1. The molecule has 1 heterocycles. The maximum Gasteiger partial charge on any atom is 0.251 e. The van der Waals surface area contributed by atoms with Crippen molar-refractivity contribution in [3.8, 4) is 0 Å². The molecule has 0 bridgehead atoms. The molecule has 1 saturated heterocycles. The Kier molecular flexibility index (Phi) is 6.24. The highest BCUT2D eigenvalue weighted by Crippen LogP contribution is 2.15. The molecule has 0 aliphatic carbocycles. The third-order valence-corrected chi connectivity index (χ3v) is 4.77. The Morgan fingerprint density at radius 3 is 2.48 bits per heavy atom. The molecular weight excluding hydrogens is 338 g/mol. The van der Waals surface area contributed by atoms with Crippen LogP contribution in [0.25, 0.3) is 0 Å². The van der Waals surface area contributed by atoms with E-state index in [0.29, 0.717) is 25.1 Å². The average Bonchev–Trinajstić information content (AvgIpc) is 3.05. The number of carbonyl (C=O) groups is 2. The van der Waals surface area contributed by atoms with Gasteiger partial charge in [-0.3, -0.25) is 9.59 Å². The quantitative estimate of drug-likeness (QED) is 0.778. The maximum atomic E-state index is 12.5. The molecule has 0 unspecified atom stereocenters. The van der Waals surface area contributed by atoms with Gasteiger partial charge in [-0.05, 0) is 29.7 Å². The van der Waals surface area contributed by atoms with Crippen molar-refractivity contribution in [2.24, 2.45) is 0 Å². The van der Waals surface area contributed by atoms with E-state index in [1.54, 1.807) is 0 Å². The molecule has 2 N–H and O–H groups in total. The fraction of sp³-hybridized carbons (Fsp3) is 0.364. The topological polar surface area (TPSA) is 53.9 Å². The van der Waals surface area contributed by atoms with Crippen LogP contribution in [0.15, 0.2) is 48.5 Å². The first-order valence-corrected chi connectivity index (χ1v) is 9.53. The monoisotopic (exact) mass is 366 g/mol. The van der Waals surface area contributed by atoms with Gasteiger partial charge in [-0.1, -0.05) is 36.4 Å². The molecular formula is C22H28N3O2+. The van der Waals surface area contributed by atoms with E-state index in [-0.39, 0.29) is 11.8 Å². The summed E-state index contributed by atoms with van der Waals surface area (Å²) in [5.41, 5.74) is 3.99. The number of carbonyl (C=O) groups excluding carboxylic acids is 2. The minimum Gasteiger partial charge on any atom is -0.348 e. The number of likely N-dealkylation sites (tertiary alicyclic amines) is 1. The fourth-order valence-electron chi connectivity index (χ4n) is 3.37. The number of hydrogen-bond acceptors (Lipinski definition) is 2. The summed E-state index contributed by atoms with van der Waals surface area (Å²) < 4.78 is 0. The van der Waals surface area contributed by atoms with Gasteiger partial charge in [-0.15, -0.1) is 0 Å². The summed E-state index contributed by atoms with van der Waals surface area (Å²) in [6.45, 7) is 2.87. The summed E-state index contributed by atoms with van der Waals surface area (Å²) in [5, 5.41) is 2.98. The first-order valence-electron chi connectivity index (χ1n) is 9.53. The van der Waals surface area contributed by atoms with Crippen molar-refractivity contribution in [1.82, 2.24) is 10.2 Å². The van der Waals surface area contributed by atoms with Gasteiger partial charge >= 0.3 is 0 Å². The van der Waals surface area contributed by atoms with E-state index in [1.165, 1.54) is 10.5 Å². The molecule has 3 rings (SSSR count). The maximum absolute atomic E-state index is 12.5. The summed E-state index contributed by atoms with van der Waals surface area (Å²) >= 11 is 0. The Morgan fingerprint density at radius 1 is 1.07 bits per heavy atom. The van der Waals surface area contributed by atoms with Crippen molar-refractivity contribution in [2.45, 2.75) is 32.5 Å². The lowest BCUT2D eigenvalue weighted by Crippen LogP contribution is -3.04. The van der Waals surface area contributed by atoms with Crippen molar-refractivity contribution in [3.05, 3.63) is 70.8 Å². The predicted octanol–water partition coefficient (Wildman–Crippen LogP) is 1.38.